The molecule has 6 nitrogen and oxygen atoms in total. The monoisotopic (exact) mass is 486 g/mol. The van der Waals surface area contributed by atoms with Gasteiger partial charge >= 0.3 is 6.18 Å². The number of alkyl halides is 3. The van der Waals surface area contributed by atoms with Gasteiger partial charge in [0.2, 0.25) is 5.91 Å². The molecule has 0 radical (unpaired) electrons. The third-order valence-electron chi connectivity index (χ3n) is 4.38. The van der Waals surface area contributed by atoms with Crippen molar-refractivity contribution in [2.75, 3.05) is 31.4 Å². The van der Waals surface area contributed by atoms with E-state index in [4.69, 9.17) is 0 Å². The Bertz CT molecular complexity index is 1150. The van der Waals surface area contributed by atoms with E-state index < -0.39 is 23.5 Å². The Kier molecular flexibility index (Phi) is 6.84. The third kappa shape index (κ3) is 5.25. The maximum absolute atomic E-state index is 13.7. The second-order valence-corrected chi connectivity index (χ2v) is 8.70. The first-order chi connectivity index (χ1) is 15.0. The number of anilines is 2. The van der Waals surface area contributed by atoms with Crippen LogP contribution >= 0.6 is 22.7 Å². The molecular weight excluding hydrogens is 468 g/mol. The standard InChI is InChI=1S/C20H18F4N4O2S2/c1-25-18(30)17-14(28(2)3)9-31-15(17)7-16(29)27-19-26-13(8-32-19)10-4-11(20(22,23)24)6-12(21)5-10/h4-6,8-9H,7H2,1-3H3,(H,25,30)(H,26,27,29). The van der Waals surface area contributed by atoms with Crippen LogP contribution in [0, 0.1) is 5.82 Å². The van der Waals surface area contributed by atoms with Gasteiger partial charge in [-0.2, -0.15) is 13.2 Å². The van der Waals surface area contributed by atoms with E-state index in [-0.39, 0.29) is 28.7 Å². The zero-order valence-corrected chi connectivity index (χ0v) is 18.8. The highest BCUT2D eigenvalue weighted by molar-refractivity contribution is 7.14. The molecule has 3 aromatic rings. The molecule has 0 aliphatic carbocycles. The highest BCUT2D eigenvalue weighted by Gasteiger charge is 2.31. The lowest BCUT2D eigenvalue weighted by molar-refractivity contribution is -0.137. The number of aromatic nitrogens is 1. The molecule has 0 atom stereocenters. The fraction of sp³-hybridized carbons (Fsp3) is 0.250. The number of amides is 2. The number of hydrogen-bond acceptors (Lipinski definition) is 6. The van der Waals surface area contributed by atoms with Crippen molar-refractivity contribution < 1.29 is 27.2 Å². The minimum absolute atomic E-state index is 0.0511. The van der Waals surface area contributed by atoms with E-state index in [9.17, 15) is 27.2 Å². The molecule has 2 heterocycles. The first kappa shape index (κ1) is 23.7. The lowest BCUT2D eigenvalue weighted by Crippen LogP contribution is -2.23. The SMILES string of the molecule is CNC(=O)c1c(N(C)C)csc1CC(=O)Nc1nc(-c2cc(F)cc(C(F)(F)F)c2)cs1. The molecule has 0 spiro atoms. The Labute approximate surface area is 188 Å². The van der Waals surface area contributed by atoms with Gasteiger partial charge in [-0.3, -0.25) is 9.59 Å². The average Bonchev–Trinajstić information content (AvgIpc) is 3.33. The summed E-state index contributed by atoms with van der Waals surface area (Å²) in [6.07, 6.45) is -4.78. The summed E-state index contributed by atoms with van der Waals surface area (Å²) in [5.41, 5.74) is 0.0108. The van der Waals surface area contributed by atoms with Crippen molar-refractivity contribution in [3.05, 3.63) is 50.8 Å². The van der Waals surface area contributed by atoms with Crippen LogP contribution in [0.1, 0.15) is 20.8 Å². The van der Waals surface area contributed by atoms with Crippen molar-refractivity contribution in [2.24, 2.45) is 0 Å². The molecule has 3 rings (SSSR count). The molecular formula is C20H18F4N4O2S2. The van der Waals surface area contributed by atoms with Gasteiger partial charge in [-0.15, -0.1) is 22.7 Å². The van der Waals surface area contributed by atoms with Gasteiger partial charge in [0.25, 0.3) is 5.91 Å². The van der Waals surface area contributed by atoms with Crippen LogP contribution in [0.15, 0.2) is 29.0 Å². The second kappa shape index (κ2) is 9.25. The van der Waals surface area contributed by atoms with Crippen molar-refractivity contribution in [2.45, 2.75) is 12.6 Å². The van der Waals surface area contributed by atoms with Crippen LogP contribution in [0.4, 0.5) is 28.4 Å². The molecule has 0 fully saturated rings. The summed E-state index contributed by atoms with van der Waals surface area (Å²) >= 11 is 2.26. The number of carbonyl (C=O) groups excluding carboxylic acids is 2. The van der Waals surface area contributed by atoms with Crippen LogP contribution < -0.4 is 15.5 Å². The fourth-order valence-electron chi connectivity index (χ4n) is 2.89. The number of hydrogen-bond donors (Lipinski definition) is 2. The molecule has 0 saturated carbocycles. The summed E-state index contributed by atoms with van der Waals surface area (Å²) in [7, 11) is 5.06. The highest BCUT2D eigenvalue weighted by atomic mass is 32.1. The molecule has 0 aliphatic heterocycles. The third-order valence-corrected chi connectivity index (χ3v) is 6.11. The molecule has 2 amide bonds. The van der Waals surface area contributed by atoms with Gasteiger partial charge in [-0.25, -0.2) is 9.37 Å². The molecule has 0 bridgehead atoms. The van der Waals surface area contributed by atoms with E-state index in [0.717, 1.165) is 23.5 Å². The van der Waals surface area contributed by atoms with E-state index in [0.29, 0.717) is 22.2 Å². The van der Waals surface area contributed by atoms with Crippen molar-refractivity contribution in [3.63, 3.8) is 0 Å². The van der Waals surface area contributed by atoms with Crippen LogP contribution in [0.3, 0.4) is 0 Å². The molecule has 0 unspecified atom stereocenters. The van der Waals surface area contributed by atoms with Crippen molar-refractivity contribution in [1.82, 2.24) is 10.3 Å². The minimum atomic E-state index is -4.70. The van der Waals surface area contributed by atoms with Crippen molar-refractivity contribution in [3.8, 4) is 11.3 Å². The zero-order chi connectivity index (χ0) is 23.6. The van der Waals surface area contributed by atoms with Gasteiger partial charge in [-0.1, -0.05) is 0 Å². The summed E-state index contributed by atoms with van der Waals surface area (Å²) in [6, 6.07) is 2.15. The molecule has 2 aromatic heterocycles. The van der Waals surface area contributed by atoms with Gasteiger partial charge in [0.05, 0.1) is 28.9 Å². The van der Waals surface area contributed by atoms with Crippen molar-refractivity contribution >= 4 is 45.3 Å². The minimum Gasteiger partial charge on any atom is -0.376 e. The molecule has 1 aromatic carbocycles. The topological polar surface area (TPSA) is 74.3 Å². The first-order valence-electron chi connectivity index (χ1n) is 9.13. The van der Waals surface area contributed by atoms with Gasteiger partial charge in [0.15, 0.2) is 5.13 Å². The van der Waals surface area contributed by atoms with E-state index in [1.54, 1.807) is 24.4 Å². The smallest absolute Gasteiger partial charge is 0.376 e. The number of carbonyl (C=O) groups is 2. The maximum Gasteiger partial charge on any atom is 0.416 e. The van der Waals surface area contributed by atoms with Crippen molar-refractivity contribution in [1.29, 1.82) is 0 Å². The molecule has 12 heteroatoms. The molecule has 0 aliphatic rings. The van der Waals surface area contributed by atoms with Gasteiger partial charge in [0.1, 0.15) is 5.82 Å². The molecule has 0 saturated heterocycles. The van der Waals surface area contributed by atoms with E-state index in [1.165, 1.54) is 23.8 Å². The van der Waals surface area contributed by atoms with Crippen LogP contribution in [0.2, 0.25) is 0 Å². The predicted octanol–water partition coefficient (Wildman–Crippen LogP) is 4.64. The Balaban J connectivity index is 1.78. The number of thiophene rings is 1. The number of rotatable bonds is 6. The Morgan fingerprint density at radius 2 is 1.84 bits per heavy atom. The van der Waals surface area contributed by atoms with Crippen LogP contribution in [0.25, 0.3) is 11.3 Å². The summed E-state index contributed by atoms with van der Waals surface area (Å²) in [5.74, 6) is -1.80. The number of nitrogens with zero attached hydrogens (tertiary/aromatic N) is 2. The fourth-order valence-corrected chi connectivity index (χ4v) is 4.74. The average molecular weight is 487 g/mol. The number of halogens is 4. The van der Waals surface area contributed by atoms with Crippen LogP contribution in [-0.4, -0.2) is 37.9 Å². The predicted molar refractivity (Wildman–Crippen MR) is 117 cm³/mol. The maximum atomic E-state index is 13.7. The Morgan fingerprint density at radius 1 is 1.12 bits per heavy atom. The first-order valence-corrected chi connectivity index (χ1v) is 10.9. The summed E-state index contributed by atoms with van der Waals surface area (Å²) in [6.45, 7) is 0. The Morgan fingerprint density at radius 3 is 2.47 bits per heavy atom. The van der Waals surface area contributed by atoms with Gasteiger partial charge in [-0.05, 0) is 18.2 Å². The van der Waals surface area contributed by atoms with E-state index in [1.807, 2.05) is 0 Å². The molecule has 2 N–H and O–H groups in total. The van der Waals surface area contributed by atoms with Crippen LogP contribution in [0.5, 0.6) is 0 Å². The number of nitrogens with one attached hydrogen (secondary N) is 2. The lowest BCUT2D eigenvalue weighted by atomic mass is 10.1. The zero-order valence-electron chi connectivity index (χ0n) is 17.1. The highest BCUT2D eigenvalue weighted by Crippen LogP contribution is 2.34. The summed E-state index contributed by atoms with van der Waals surface area (Å²) in [4.78, 5) is 31.2. The van der Waals surface area contributed by atoms with Gasteiger partial charge < -0.3 is 15.5 Å². The van der Waals surface area contributed by atoms with E-state index >= 15 is 0 Å². The lowest BCUT2D eigenvalue weighted by Gasteiger charge is -2.13. The quantitative estimate of drug-likeness (QED) is 0.498. The molecule has 170 valence electrons. The van der Waals surface area contributed by atoms with Gasteiger partial charge in [0, 0.05) is 42.3 Å². The van der Waals surface area contributed by atoms with E-state index in [2.05, 4.69) is 15.6 Å². The van der Waals surface area contributed by atoms with Crippen LogP contribution in [-0.2, 0) is 17.4 Å². The molecule has 32 heavy (non-hydrogen) atoms. The second-order valence-electron chi connectivity index (χ2n) is 6.88. The number of benzene rings is 1. The Hall–Kier alpha value is -2.99. The summed E-state index contributed by atoms with van der Waals surface area (Å²) in [5, 5.41) is 8.48. The largest absolute Gasteiger partial charge is 0.416 e. The number of thiazole rings is 1. The normalized spacial score (nSPS) is 11.3. The summed E-state index contributed by atoms with van der Waals surface area (Å²) < 4.78 is 52.5.